The molecule has 1 N–H and O–H groups in total. The van der Waals surface area contributed by atoms with Gasteiger partial charge in [0.15, 0.2) is 11.5 Å². The molecule has 0 radical (unpaired) electrons. The fourth-order valence-corrected chi connectivity index (χ4v) is 7.52. The third-order valence-corrected chi connectivity index (χ3v) is 10.8. The first kappa shape index (κ1) is 36.5. The molecule has 1 fully saturated rings. The smallest absolute Gasteiger partial charge is 0.265 e. The van der Waals surface area contributed by atoms with Crippen LogP contribution in [-0.4, -0.2) is 65.1 Å². The SMILES string of the molecule is CCC(C(=O)NC1CCCC1)N(Cc1ccc(Cl)c(Cl)c1)C(=O)CN(c1cc(Cl)ccc1OC)S(=O)(=O)c1ccc(OC)c(OC)c1. The maximum Gasteiger partial charge on any atom is 0.265 e. The van der Waals surface area contributed by atoms with Gasteiger partial charge in [0.05, 0.1) is 42.0 Å². The second-order valence-electron chi connectivity index (χ2n) is 11.0. The number of hydrogen-bond acceptors (Lipinski definition) is 7. The Kier molecular flexibility index (Phi) is 12.5. The Bertz CT molecular complexity index is 1700. The number of carbonyl (C=O) groups is 2. The largest absolute Gasteiger partial charge is 0.495 e. The van der Waals surface area contributed by atoms with E-state index in [0.717, 1.165) is 30.0 Å². The van der Waals surface area contributed by atoms with E-state index in [-0.39, 0.29) is 57.0 Å². The lowest BCUT2D eigenvalue weighted by Gasteiger charge is -2.34. The van der Waals surface area contributed by atoms with Crippen molar-refractivity contribution in [3.8, 4) is 17.2 Å². The molecule has 1 saturated carbocycles. The number of amides is 2. The zero-order chi connectivity index (χ0) is 34.3. The van der Waals surface area contributed by atoms with E-state index in [0.29, 0.717) is 16.3 Å². The van der Waals surface area contributed by atoms with E-state index < -0.39 is 28.5 Å². The summed E-state index contributed by atoms with van der Waals surface area (Å²) in [4.78, 5) is 29.4. The first-order chi connectivity index (χ1) is 22.4. The number of benzene rings is 3. The van der Waals surface area contributed by atoms with Gasteiger partial charge in [-0.05, 0) is 67.3 Å². The molecule has 3 aromatic carbocycles. The highest BCUT2D eigenvalue weighted by atomic mass is 35.5. The highest BCUT2D eigenvalue weighted by Crippen LogP contribution is 2.37. The number of hydrogen-bond donors (Lipinski definition) is 1. The van der Waals surface area contributed by atoms with Gasteiger partial charge >= 0.3 is 0 Å². The number of halogens is 3. The van der Waals surface area contributed by atoms with Crippen LogP contribution in [0.5, 0.6) is 17.2 Å². The molecule has 0 heterocycles. The van der Waals surface area contributed by atoms with Crippen molar-refractivity contribution in [1.82, 2.24) is 10.2 Å². The Morgan fingerprint density at radius 2 is 1.53 bits per heavy atom. The Balaban J connectivity index is 1.81. The fraction of sp³-hybridized carbons (Fsp3) is 0.394. The monoisotopic (exact) mass is 725 g/mol. The minimum Gasteiger partial charge on any atom is -0.495 e. The van der Waals surface area contributed by atoms with Gasteiger partial charge in [0, 0.05) is 23.7 Å². The number of rotatable bonds is 14. The Hall–Kier alpha value is -3.38. The van der Waals surface area contributed by atoms with Gasteiger partial charge in [-0.1, -0.05) is 60.6 Å². The van der Waals surface area contributed by atoms with Crippen molar-refractivity contribution >= 4 is 62.3 Å². The van der Waals surface area contributed by atoms with Crippen LogP contribution < -0.4 is 23.8 Å². The first-order valence-corrected chi connectivity index (χ1v) is 17.6. The summed E-state index contributed by atoms with van der Waals surface area (Å²) in [6, 6.07) is 12.6. The van der Waals surface area contributed by atoms with E-state index >= 15 is 0 Å². The molecule has 0 aromatic heterocycles. The Morgan fingerprint density at radius 1 is 0.872 bits per heavy atom. The van der Waals surface area contributed by atoms with Crippen molar-refractivity contribution < 1.29 is 32.2 Å². The van der Waals surface area contributed by atoms with E-state index in [9.17, 15) is 18.0 Å². The molecule has 2 amide bonds. The van der Waals surface area contributed by atoms with E-state index in [4.69, 9.17) is 49.0 Å². The molecule has 14 heteroatoms. The molecule has 0 saturated heterocycles. The summed E-state index contributed by atoms with van der Waals surface area (Å²) in [5.41, 5.74) is 0.635. The van der Waals surface area contributed by atoms with Crippen LogP contribution in [0, 0.1) is 0 Å². The second kappa shape index (κ2) is 16.1. The second-order valence-corrected chi connectivity index (χ2v) is 14.1. The maximum atomic E-state index is 14.5. The normalized spacial score (nSPS) is 13.9. The summed E-state index contributed by atoms with van der Waals surface area (Å²) < 4.78 is 45.9. The van der Waals surface area contributed by atoms with E-state index in [2.05, 4.69) is 5.32 Å². The summed E-state index contributed by atoms with van der Waals surface area (Å²) in [6.07, 6.45) is 4.01. The van der Waals surface area contributed by atoms with E-state index in [1.165, 1.54) is 56.6 Å². The van der Waals surface area contributed by atoms with Crippen LogP contribution in [0.3, 0.4) is 0 Å². The van der Waals surface area contributed by atoms with Gasteiger partial charge in [0.1, 0.15) is 18.3 Å². The van der Waals surface area contributed by atoms with Gasteiger partial charge in [0.2, 0.25) is 11.8 Å². The lowest BCUT2D eigenvalue weighted by Crippen LogP contribution is -2.53. The molecule has 3 aromatic rings. The molecule has 0 spiro atoms. The summed E-state index contributed by atoms with van der Waals surface area (Å²) in [5.74, 6) is -0.304. The van der Waals surface area contributed by atoms with Gasteiger partial charge in [-0.25, -0.2) is 8.42 Å². The standard InChI is InChI=1S/C33H38Cl3N3O7S/c1-5-27(33(41)37-23-8-6-7-9-23)38(19-21-10-13-25(35)26(36)16-21)32(40)20-39(28-17-22(34)11-14-29(28)44-2)47(42,43)24-12-15-30(45-3)31(18-24)46-4/h10-18,23,27H,5-9,19-20H2,1-4H3,(H,37,41). The van der Waals surface area contributed by atoms with E-state index in [1.54, 1.807) is 31.2 Å². The number of ether oxygens (including phenoxy) is 3. The van der Waals surface area contributed by atoms with Crippen molar-refractivity contribution in [3.63, 3.8) is 0 Å². The van der Waals surface area contributed by atoms with Crippen LogP contribution in [0.15, 0.2) is 59.5 Å². The zero-order valence-corrected chi connectivity index (χ0v) is 29.7. The third kappa shape index (κ3) is 8.56. The third-order valence-electron chi connectivity index (χ3n) is 8.06. The van der Waals surface area contributed by atoms with Crippen molar-refractivity contribution in [2.45, 2.75) is 62.6 Å². The Labute approximate surface area is 290 Å². The molecule has 0 aliphatic heterocycles. The van der Waals surface area contributed by atoms with Crippen LogP contribution in [0.1, 0.15) is 44.6 Å². The van der Waals surface area contributed by atoms with Crippen molar-refractivity contribution in [2.75, 3.05) is 32.2 Å². The van der Waals surface area contributed by atoms with Crippen LogP contribution >= 0.6 is 34.8 Å². The number of nitrogens with zero attached hydrogens (tertiary/aromatic N) is 2. The molecular formula is C33H38Cl3N3O7S. The molecule has 1 atom stereocenters. The number of carbonyl (C=O) groups excluding carboxylic acids is 2. The number of nitrogens with one attached hydrogen (secondary N) is 1. The quantitative estimate of drug-likeness (QED) is 0.196. The van der Waals surface area contributed by atoms with Gasteiger partial charge in [-0.3, -0.25) is 13.9 Å². The molecule has 47 heavy (non-hydrogen) atoms. The first-order valence-electron chi connectivity index (χ1n) is 15.1. The number of anilines is 1. The molecule has 254 valence electrons. The molecule has 4 rings (SSSR count). The predicted molar refractivity (Wildman–Crippen MR) is 184 cm³/mol. The maximum absolute atomic E-state index is 14.5. The molecule has 1 aliphatic rings. The van der Waals surface area contributed by atoms with Gasteiger partial charge in [0.25, 0.3) is 10.0 Å². The Morgan fingerprint density at radius 3 is 2.15 bits per heavy atom. The van der Waals surface area contributed by atoms with Gasteiger partial charge in [-0.15, -0.1) is 0 Å². The van der Waals surface area contributed by atoms with Crippen LogP contribution in [0.25, 0.3) is 0 Å². The summed E-state index contributed by atoms with van der Waals surface area (Å²) in [5, 5.41) is 3.92. The number of methoxy groups -OCH3 is 3. The lowest BCUT2D eigenvalue weighted by molar-refractivity contribution is -0.140. The average molecular weight is 727 g/mol. The fourth-order valence-electron chi connectivity index (χ4n) is 5.60. The minimum atomic E-state index is -4.47. The molecule has 1 aliphatic carbocycles. The molecular weight excluding hydrogens is 689 g/mol. The lowest BCUT2D eigenvalue weighted by atomic mass is 10.1. The molecule has 0 bridgehead atoms. The van der Waals surface area contributed by atoms with Crippen LogP contribution in [-0.2, 0) is 26.2 Å². The minimum absolute atomic E-state index is 0.0103. The van der Waals surface area contributed by atoms with Crippen molar-refractivity contribution in [1.29, 1.82) is 0 Å². The predicted octanol–water partition coefficient (Wildman–Crippen LogP) is 6.73. The highest BCUT2D eigenvalue weighted by molar-refractivity contribution is 7.92. The average Bonchev–Trinajstić information content (AvgIpc) is 3.57. The summed E-state index contributed by atoms with van der Waals surface area (Å²) in [7, 11) is -0.271. The topological polar surface area (TPSA) is 114 Å². The highest BCUT2D eigenvalue weighted by Gasteiger charge is 2.36. The van der Waals surface area contributed by atoms with Gasteiger partial charge < -0.3 is 24.4 Å². The summed E-state index contributed by atoms with van der Waals surface area (Å²) >= 11 is 18.8. The number of sulfonamides is 1. The van der Waals surface area contributed by atoms with Crippen molar-refractivity contribution in [3.05, 3.63) is 75.2 Å². The van der Waals surface area contributed by atoms with Crippen LogP contribution in [0.2, 0.25) is 15.1 Å². The molecule has 1 unspecified atom stereocenters. The van der Waals surface area contributed by atoms with Crippen LogP contribution in [0.4, 0.5) is 5.69 Å². The van der Waals surface area contributed by atoms with E-state index in [1.807, 2.05) is 0 Å². The summed E-state index contributed by atoms with van der Waals surface area (Å²) in [6.45, 7) is 1.07. The van der Waals surface area contributed by atoms with Gasteiger partial charge in [-0.2, -0.15) is 0 Å². The zero-order valence-electron chi connectivity index (χ0n) is 26.6. The molecule has 10 nitrogen and oxygen atoms in total. The van der Waals surface area contributed by atoms with Crippen molar-refractivity contribution in [2.24, 2.45) is 0 Å².